The lowest BCUT2D eigenvalue weighted by Gasteiger charge is -2.13. The van der Waals surface area contributed by atoms with Gasteiger partial charge in [0, 0.05) is 31.0 Å². The normalized spacial score (nSPS) is 12.6. The molecule has 0 saturated carbocycles. The molecular formula is C27H26N2O7. The van der Waals surface area contributed by atoms with Crippen LogP contribution in [-0.2, 0) is 4.79 Å². The van der Waals surface area contributed by atoms with Gasteiger partial charge >= 0.3 is 11.6 Å². The van der Waals surface area contributed by atoms with Gasteiger partial charge in [0.15, 0.2) is 0 Å². The predicted octanol–water partition coefficient (Wildman–Crippen LogP) is 3.69. The van der Waals surface area contributed by atoms with E-state index in [4.69, 9.17) is 9.15 Å². The fourth-order valence-corrected chi connectivity index (χ4v) is 3.99. The molecule has 0 bridgehead atoms. The summed E-state index contributed by atoms with van der Waals surface area (Å²) in [6, 6.07) is 12.8. The minimum Gasteiger partial charge on any atom is -0.426 e. The molecule has 0 radical (unpaired) electrons. The van der Waals surface area contributed by atoms with Crippen molar-refractivity contribution in [2.75, 3.05) is 13.1 Å². The maximum atomic E-state index is 12.4. The van der Waals surface area contributed by atoms with E-state index in [2.05, 4.69) is 5.32 Å². The molecule has 9 nitrogen and oxygen atoms in total. The van der Waals surface area contributed by atoms with Crippen LogP contribution in [0, 0.1) is 0 Å². The number of carbonyl (C=O) groups excluding carboxylic acids is 4. The third-order valence-electron chi connectivity index (χ3n) is 5.86. The first-order valence-corrected chi connectivity index (χ1v) is 11.9. The van der Waals surface area contributed by atoms with Crippen molar-refractivity contribution in [1.82, 2.24) is 10.2 Å². The van der Waals surface area contributed by atoms with Crippen molar-refractivity contribution >= 4 is 34.7 Å². The van der Waals surface area contributed by atoms with Crippen molar-refractivity contribution in [2.45, 2.75) is 39.0 Å². The summed E-state index contributed by atoms with van der Waals surface area (Å²) >= 11 is 0. The van der Waals surface area contributed by atoms with E-state index in [-0.39, 0.29) is 35.1 Å². The monoisotopic (exact) mass is 490 g/mol. The van der Waals surface area contributed by atoms with Crippen LogP contribution in [0.1, 0.15) is 70.1 Å². The van der Waals surface area contributed by atoms with Crippen LogP contribution in [0.2, 0.25) is 0 Å². The van der Waals surface area contributed by atoms with Crippen LogP contribution >= 0.6 is 0 Å². The Balaban J connectivity index is 1.25. The van der Waals surface area contributed by atoms with Gasteiger partial charge < -0.3 is 14.5 Å². The summed E-state index contributed by atoms with van der Waals surface area (Å²) in [4.78, 5) is 62.5. The molecule has 1 aliphatic heterocycles. The highest BCUT2D eigenvalue weighted by Crippen LogP contribution is 2.23. The Kier molecular flexibility index (Phi) is 7.58. The van der Waals surface area contributed by atoms with Crippen LogP contribution < -0.4 is 15.7 Å². The van der Waals surface area contributed by atoms with Crippen LogP contribution in [0.3, 0.4) is 0 Å². The number of benzene rings is 2. The first-order chi connectivity index (χ1) is 17.4. The molecule has 0 atom stereocenters. The molecule has 3 aromatic rings. The molecule has 1 aliphatic rings. The van der Waals surface area contributed by atoms with Crippen molar-refractivity contribution < 1.29 is 28.3 Å². The summed E-state index contributed by atoms with van der Waals surface area (Å²) in [6.07, 6.45) is 2.64. The quantitative estimate of drug-likeness (QED) is 0.151. The van der Waals surface area contributed by atoms with E-state index < -0.39 is 17.5 Å². The Bertz CT molecular complexity index is 1360. The smallest absolute Gasteiger partial charge is 0.349 e. The molecular weight excluding hydrogens is 464 g/mol. The number of imide groups is 1. The Morgan fingerprint density at radius 2 is 1.67 bits per heavy atom. The molecule has 1 aromatic heterocycles. The van der Waals surface area contributed by atoms with Crippen LogP contribution in [-0.4, -0.2) is 41.7 Å². The summed E-state index contributed by atoms with van der Waals surface area (Å²) in [6.45, 7) is 2.65. The topological polar surface area (TPSA) is 123 Å². The number of nitrogens with one attached hydrogen (secondary N) is 1. The van der Waals surface area contributed by atoms with E-state index in [0.717, 1.165) is 6.42 Å². The third-order valence-corrected chi connectivity index (χ3v) is 5.86. The number of hydrogen-bond donors (Lipinski definition) is 1. The Labute approximate surface area is 207 Å². The van der Waals surface area contributed by atoms with Crippen molar-refractivity contribution in [2.24, 2.45) is 0 Å². The highest BCUT2D eigenvalue weighted by molar-refractivity contribution is 6.21. The lowest BCUT2D eigenvalue weighted by Crippen LogP contribution is -2.30. The van der Waals surface area contributed by atoms with E-state index in [1.165, 1.54) is 17.0 Å². The zero-order valence-electron chi connectivity index (χ0n) is 19.9. The standard InChI is InChI=1S/C27H26N2O7/c1-2-13-28-24(31)21-15-17-11-12-18(16-22(17)36-27(21)34)35-23(30)10-4-3-7-14-29-25(32)19-8-5-6-9-20(19)26(29)33/h5-6,8-9,11-12,15-16H,2-4,7,10,13-14H2,1H3,(H,28,31). The number of amides is 3. The number of fused-ring (bicyclic) bond motifs is 2. The fourth-order valence-electron chi connectivity index (χ4n) is 3.99. The van der Waals surface area contributed by atoms with Crippen LogP contribution in [0.5, 0.6) is 5.75 Å². The van der Waals surface area contributed by atoms with Gasteiger partial charge in [0.1, 0.15) is 16.9 Å². The summed E-state index contributed by atoms with van der Waals surface area (Å²) in [5.41, 5.74) is 0.208. The SMILES string of the molecule is CCCNC(=O)c1cc2ccc(OC(=O)CCCCCN3C(=O)c4ccccc4C3=O)cc2oc1=O. The highest BCUT2D eigenvalue weighted by Gasteiger charge is 2.34. The lowest BCUT2D eigenvalue weighted by molar-refractivity contribution is -0.134. The van der Waals surface area contributed by atoms with Gasteiger partial charge in [0.2, 0.25) is 0 Å². The Hall–Kier alpha value is -4.27. The molecule has 3 amide bonds. The molecule has 36 heavy (non-hydrogen) atoms. The molecule has 0 unspecified atom stereocenters. The van der Waals surface area contributed by atoms with E-state index in [1.807, 2.05) is 6.92 Å². The molecule has 1 N–H and O–H groups in total. The van der Waals surface area contributed by atoms with Gasteiger partial charge in [-0.05, 0) is 49.6 Å². The Morgan fingerprint density at radius 1 is 0.944 bits per heavy atom. The largest absolute Gasteiger partial charge is 0.426 e. The van der Waals surface area contributed by atoms with Gasteiger partial charge in [-0.15, -0.1) is 0 Å². The van der Waals surface area contributed by atoms with E-state index in [0.29, 0.717) is 48.9 Å². The van der Waals surface area contributed by atoms with Crippen molar-refractivity contribution in [1.29, 1.82) is 0 Å². The van der Waals surface area contributed by atoms with Crippen LogP contribution in [0.4, 0.5) is 0 Å². The number of unbranched alkanes of at least 4 members (excludes halogenated alkanes) is 2. The second-order valence-electron chi connectivity index (χ2n) is 8.50. The molecule has 2 aromatic carbocycles. The van der Waals surface area contributed by atoms with Gasteiger partial charge in [0.25, 0.3) is 17.7 Å². The lowest BCUT2D eigenvalue weighted by atomic mass is 10.1. The molecule has 0 fully saturated rings. The van der Waals surface area contributed by atoms with Crippen molar-refractivity contribution in [3.8, 4) is 5.75 Å². The number of nitrogens with zero attached hydrogens (tertiary/aromatic N) is 1. The molecule has 2 heterocycles. The summed E-state index contributed by atoms with van der Waals surface area (Å²) in [5.74, 6) is -1.29. The minimum atomic E-state index is -0.766. The number of carbonyl (C=O) groups is 4. The minimum absolute atomic E-state index is 0.0816. The highest BCUT2D eigenvalue weighted by atomic mass is 16.5. The zero-order chi connectivity index (χ0) is 25.7. The molecule has 0 spiro atoms. The van der Waals surface area contributed by atoms with Crippen molar-refractivity contribution in [3.05, 3.63) is 75.6 Å². The first kappa shape index (κ1) is 24.8. The van der Waals surface area contributed by atoms with Crippen molar-refractivity contribution in [3.63, 3.8) is 0 Å². The van der Waals surface area contributed by atoms with Gasteiger partial charge in [-0.3, -0.25) is 24.1 Å². The molecule has 9 heteroatoms. The Morgan fingerprint density at radius 3 is 2.36 bits per heavy atom. The van der Waals surface area contributed by atoms with E-state index in [1.54, 1.807) is 36.4 Å². The maximum Gasteiger partial charge on any atom is 0.349 e. The zero-order valence-corrected chi connectivity index (χ0v) is 19.9. The second kappa shape index (κ2) is 11.0. The average molecular weight is 491 g/mol. The second-order valence-corrected chi connectivity index (χ2v) is 8.50. The first-order valence-electron chi connectivity index (χ1n) is 11.9. The summed E-state index contributed by atoms with van der Waals surface area (Å²) in [7, 11) is 0. The van der Waals surface area contributed by atoms with Crippen LogP contribution in [0.15, 0.2) is 57.7 Å². The number of ether oxygens (including phenoxy) is 1. The van der Waals surface area contributed by atoms with E-state index >= 15 is 0 Å². The van der Waals surface area contributed by atoms with Crippen LogP contribution in [0.25, 0.3) is 11.0 Å². The summed E-state index contributed by atoms with van der Waals surface area (Å²) in [5, 5.41) is 3.17. The predicted molar refractivity (Wildman–Crippen MR) is 131 cm³/mol. The average Bonchev–Trinajstić information content (AvgIpc) is 3.11. The van der Waals surface area contributed by atoms with Gasteiger partial charge in [-0.1, -0.05) is 25.5 Å². The third kappa shape index (κ3) is 5.35. The number of esters is 1. The molecule has 0 saturated heterocycles. The van der Waals surface area contributed by atoms with Gasteiger partial charge in [-0.2, -0.15) is 0 Å². The summed E-state index contributed by atoms with van der Waals surface area (Å²) < 4.78 is 10.6. The van der Waals surface area contributed by atoms with Gasteiger partial charge in [0.05, 0.1) is 11.1 Å². The molecule has 0 aliphatic carbocycles. The molecule has 186 valence electrons. The number of rotatable bonds is 10. The van der Waals surface area contributed by atoms with Gasteiger partial charge in [-0.25, -0.2) is 4.79 Å². The fraction of sp³-hybridized carbons (Fsp3) is 0.296. The molecule has 4 rings (SSSR count). The van der Waals surface area contributed by atoms with E-state index in [9.17, 15) is 24.0 Å². The maximum absolute atomic E-state index is 12.4. The number of hydrogen-bond acceptors (Lipinski definition) is 7.